The Bertz CT molecular complexity index is 1090. The van der Waals surface area contributed by atoms with Crippen molar-refractivity contribution in [3.8, 4) is 16.9 Å². The van der Waals surface area contributed by atoms with E-state index in [9.17, 15) is 4.39 Å². The van der Waals surface area contributed by atoms with Crippen LogP contribution < -0.4 is 4.74 Å². The van der Waals surface area contributed by atoms with Gasteiger partial charge in [0.15, 0.2) is 0 Å². The summed E-state index contributed by atoms with van der Waals surface area (Å²) < 4.78 is 26.4. The Morgan fingerprint density at radius 1 is 0.971 bits per heavy atom. The minimum atomic E-state index is -0.207. The van der Waals surface area contributed by atoms with E-state index >= 15 is 0 Å². The fourth-order valence-corrected chi connectivity index (χ4v) is 3.97. The normalized spacial score (nSPS) is 12.3. The van der Waals surface area contributed by atoms with Crippen LogP contribution >= 0.6 is 0 Å². The van der Waals surface area contributed by atoms with Crippen LogP contribution in [0.5, 0.6) is 5.75 Å². The molecular weight excluding hydrogens is 423 g/mol. The van der Waals surface area contributed by atoms with Crippen LogP contribution in [-0.2, 0) is 4.74 Å². The van der Waals surface area contributed by atoms with Crippen molar-refractivity contribution in [2.75, 3.05) is 13.2 Å². The lowest BCUT2D eigenvalue weighted by molar-refractivity contribution is 0.0566. The van der Waals surface area contributed by atoms with Crippen LogP contribution in [-0.4, -0.2) is 19.3 Å². The number of ether oxygens (including phenoxy) is 2. The van der Waals surface area contributed by atoms with Crippen molar-refractivity contribution in [2.45, 2.75) is 58.5 Å². The number of unbranched alkanes of at least 4 members (excludes halogenated alkanes) is 3. The fourth-order valence-electron chi connectivity index (χ4n) is 3.97. The lowest BCUT2D eigenvalue weighted by Crippen LogP contribution is -2.08. The quantitative estimate of drug-likeness (QED) is 0.176. The summed E-state index contributed by atoms with van der Waals surface area (Å²) in [5.74, 6) is 0.595. The first-order valence-corrected chi connectivity index (χ1v) is 12.5. The summed E-state index contributed by atoms with van der Waals surface area (Å²) in [6, 6.07) is 17.4. The van der Waals surface area contributed by atoms with Crippen LogP contribution in [0.15, 0.2) is 73.3 Å². The smallest absolute Gasteiger partial charge is 0.131 e. The zero-order valence-electron chi connectivity index (χ0n) is 20.6. The second-order valence-electron chi connectivity index (χ2n) is 8.78. The molecule has 0 saturated carbocycles. The Morgan fingerprint density at radius 3 is 2.59 bits per heavy atom. The van der Waals surface area contributed by atoms with Crippen LogP contribution in [0.3, 0.4) is 0 Å². The number of rotatable bonds is 14. The van der Waals surface area contributed by atoms with E-state index in [0.717, 1.165) is 59.9 Å². The SMILES string of the molecule is C=CCOc1ccc2cc(-c3ccc(/C=C/CCCC(C)OCCCCC)cc3F)ccc2c1. The molecule has 0 aliphatic rings. The van der Waals surface area contributed by atoms with Crippen molar-refractivity contribution in [3.63, 3.8) is 0 Å². The van der Waals surface area contributed by atoms with Gasteiger partial charge in [-0.25, -0.2) is 4.39 Å². The number of halogens is 1. The largest absolute Gasteiger partial charge is 0.490 e. The molecule has 0 heterocycles. The van der Waals surface area contributed by atoms with E-state index in [1.54, 1.807) is 12.1 Å². The monoisotopic (exact) mass is 460 g/mol. The molecule has 0 saturated heterocycles. The molecule has 3 aromatic rings. The molecule has 0 N–H and O–H groups in total. The highest BCUT2D eigenvalue weighted by molar-refractivity contribution is 5.88. The minimum Gasteiger partial charge on any atom is -0.490 e. The molecule has 180 valence electrons. The summed E-state index contributed by atoms with van der Waals surface area (Å²) in [5, 5.41) is 2.11. The first-order chi connectivity index (χ1) is 16.6. The van der Waals surface area contributed by atoms with Crippen molar-refractivity contribution in [2.24, 2.45) is 0 Å². The molecule has 3 aromatic carbocycles. The zero-order chi connectivity index (χ0) is 24.2. The molecule has 3 rings (SSSR count). The maximum Gasteiger partial charge on any atom is 0.131 e. The summed E-state index contributed by atoms with van der Waals surface area (Å²) in [7, 11) is 0. The Labute approximate surface area is 204 Å². The molecule has 1 unspecified atom stereocenters. The van der Waals surface area contributed by atoms with E-state index in [-0.39, 0.29) is 5.82 Å². The van der Waals surface area contributed by atoms with Gasteiger partial charge in [-0.1, -0.05) is 74.9 Å². The number of hydrogen-bond donors (Lipinski definition) is 0. The number of allylic oxidation sites excluding steroid dienone is 1. The van der Waals surface area contributed by atoms with Gasteiger partial charge < -0.3 is 9.47 Å². The van der Waals surface area contributed by atoms with Crippen LogP contribution in [0, 0.1) is 5.82 Å². The van der Waals surface area contributed by atoms with Crippen LogP contribution in [0.2, 0.25) is 0 Å². The molecule has 0 fully saturated rings. The molecule has 2 nitrogen and oxygen atoms in total. The van der Waals surface area contributed by atoms with Gasteiger partial charge in [0.25, 0.3) is 0 Å². The van der Waals surface area contributed by atoms with Crippen molar-refractivity contribution in [1.29, 1.82) is 0 Å². The average Bonchev–Trinajstić information content (AvgIpc) is 2.85. The molecule has 1 atom stereocenters. The van der Waals surface area contributed by atoms with Crippen LogP contribution in [0.4, 0.5) is 4.39 Å². The summed E-state index contributed by atoms with van der Waals surface area (Å²) in [6.07, 6.45) is 12.8. The van der Waals surface area contributed by atoms with Crippen LogP contribution in [0.25, 0.3) is 28.0 Å². The van der Waals surface area contributed by atoms with E-state index in [4.69, 9.17) is 9.47 Å². The lowest BCUT2D eigenvalue weighted by Gasteiger charge is -2.12. The number of hydrogen-bond acceptors (Lipinski definition) is 2. The van der Waals surface area contributed by atoms with Gasteiger partial charge in [0.2, 0.25) is 0 Å². The third kappa shape index (κ3) is 7.85. The van der Waals surface area contributed by atoms with Crippen molar-refractivity contribution < 1.29 is 13.9 Å². The van der Waals surface area contributed by atoms with Gasteiger partial charge >= 0.3 is 0 Å². The molecule has 0 radical (unpaired) electrons. The second kappa shape index (κ2) is 13.7. The van der Waals surface area contributed by atoms with E-state index < -0.39 is 0 Å². The first-order valence-electron chi connectivity index (χ1n) is 12.5. The maximum absolute atomic E-state index is 14.9. The molecule has 0 aliphatic heterocycles. The molecule has 0 amide bonds. The van der Waals surface area contributed by atoms with Crippen molar-refractivity contribution in [1.82, 2.24) is 0 Å². The molecule has 3 heteroatoms. The standard InChI is InChI=1S/C31H37FO2/c1-4-6-10-20-33-24(3)11-8-7-9-12-25-13-18-30(31(32)21-25)28-15-14-27-23-29(34-19-5-2)17-16-26(27)22-28/h5,9,12-18,21-24H,2,4,6-8,10-11,19-20H2,1,3H3/b12-9+. The predicted molar refractivity (Wildman–Crippen MR) is 143 cm³/mol. The third-order valence-corrected chi connectivity index (χ3v) is 5.93. The molecule has 0 aliphatic carbocycles. The van der Waals surface area contributed by atoms with E-state index in [1.165, 1.54) is 12.8 Å². The van der Waals surface area contributed by atoms with Crippen LogP contribution in [0.1, 0.15) is 57.9 Å². The predicted octanol–water partition coefficient (Wildman–Crippen LogP) is 8.99. The topological polar surface area (TPSA) is 18.5 Å². The average molecular weight is 461 g/mol. The van der Waals surface area contributed by atoms with Crippen molar-refractivity contribution in [3.05, 3.63) is 84.7 Å². The summed E-state index contributed by atoms with van der Waals surface area (Å²) in [6.45, 7) is 9.36. The molecule has 0 aromatic heterocycles. The third-order valence-electron chi connectivity index (χ3n) is 5.93. The van der Waals surface area contributed by atoms with Gasteiger partial charge in [0.05, 0.1) is 6.10 Å². The Morgan fingerprint density at radius 2 is 1.79 bits per heavy atom. The fraction of sp³-hybridized carbons (Fsp3) is 0.355. The Hall–Kier alpha value is -2.91. The maximum atomic E-state index is 14.9. The highest BCUT2D eigenvalue weighted by Crippen LogP contribution is 2.29. The van der Waals surface area contributed by atoms with Gasteiger partial charge in [-0.2, -0.15) is 0 Å². The number of fused-ring (bicyclic) bond motifs is 1. The molecular formula is C31H37FO2. The van der Waals surface area contributed by atoms with Gasteiger partial charge in [-0.3, -0.25) is 0 Å². The van der Waals surface area contributed by atoms with E-state index in [0.29, 0.717) is 18.3 Å². The second-order valence-corrected chi connectivity index (χ2v) is 8.78. The summed E-state index contributed by atoms with van der Waals surface area (Å²) in [5.41, 5.74) is 2.36. The summed E-state index contributed by atoms with van der Waals surface area (Å²) in [4.78, 5) is 0. The highest BCUT2D eigenvalue weighted by Gasteiger charge is 2.07. The minimum absolute atomic E-state index is 0.207. The Balaban J connectivity index is 1.55. The van der Waals surface area contributed by atoms with Gasteiger partial charge in [0, 0.05) is 12.2 Å². The zero-order valence-corrected chi connectivity index (χ0v) is 20.6. The highest BCUT2D eigenvalue weighted by atomic mass is 19.1. The Kier molecular flexibility index (Phi) is 10.4. The first kappa shape index (κ1) is 25.7. The number of benzene rings is 3. The molecule has 0 bridgehead atoms. The van der Waals surface area contributed by atoms with Gasteiger partial charge in [-0.15, -0.1) is 0 Å². The lowest BCUT2D eigenvalue weighted by atomic mass is 9.99. The van der Waals surface area contributed by atoms with E-state index in [2.05, 4.69) is 26.5 Å². The summed E-state index contributed by atoms with van der Waals surface area (Å²) >= 11 is 0. The van der Waals surface area contributed by atoms with Gasteiger partial charge in [0.1, 0.15) is 18.2 Å². The van der Waals surface area contributed by atoms with E-state index in [1.807, 2.05) is 54.6 Å². The van der Waals surface area contributed by atoms with Crippen molar-refractivity contribution >= 4 is 16.8 Å². The molecule has 34 heavy (non-hydrogen) atoms. The molecule has 0 spiro atoms. The van der Waals surface area contributed by atoms with Gasteiger partial charge in [-0.05, 0) is 78.8 Å².